The van der Waals surface area contributed by atoms with Crippen LogP contribution in [0.2, 0.25) is 0 Å². The van der Waals surface area contributed by atoms with E-state index in [1.807, 2.05) is 0 Å². The van der Waals surface area contributed by atoms with Crippen molar-refractivity contribution < 1.29 is 26.7 Å². The minimum atomic E-state index is -3.97. The lowest BCUT2D eigenvalue weighted by molar-refractivity contribution is -0.137. The van der Waals surface area contributed by atoms with Gasteiger partial charge in [0.25, 0.3) is 5.92 Å². The van der Waals surface area contributed by atoms with Gasteiger partial charge in [0.1, 0.15) is 5.69 Å². The maximum absolute atomic E-state index is 13.7. The summed E-state index contributed by atoms with van der Waals surface area (Å²) in [5.74, 6) is -3.55. The first-order valence-corrected chi connectivity index (χ1v) is 16.0. The zero-order valence-corrected chi connectivity index (χ0v) is 24.9. The highest BCUT2D eigenvalue weighted by Gasteiger charge is 2.44. The molecule has 0 unspecified atom stereocenters. The van der Waals surface area contributed by atoms with Gasteiger partial charge in [0.2, 0.25) is 16.0 Å². The van der Waals surface area contributed by atoms with Gasteiger partial charge in [0.05, 0.1) is 19.0 Å². The molecule has 1 spiro atoms. The quantitative estimate of drug-likeness (QED) is 0.374. The van der Waals surface area contributed by atoms with E-state index in [1.165, 1.54) is 17.6 Å². The second-order valence-corrected chi connectivity index (χ2v) is 13.4. The molecule has 2 aromatic heterocycles. The van der Waals surface area contributed by atoms with Crippen molar-refractivity contribution in [2.45, 2.75) is 51.4 Å². The highest BCUT2D eigenvalue weighted by atomic mass is 32.2. The van der Waals surface area contributed by atoms with E-state index >= 15 is 0 Å². The fourth-order valence-electron chi connectivity index (χ4n) is 5.71. The number of benzene rings is 1. The number of halogens is 2. The maximum Gasteiger partial charge on any atom is 0.322 e. The van der Waals surface area contributed by atoms with Gasteiger partial charge in [-0.1, -0.05) is 0 Å². The van der Waals surface area contributed by atoms with Crippen LogP contribution in [0.4, 0.5) is 26.1 Å². The molecule has 3 aromatic rings. The Labute approximate surface area is 248 Å². The van der Waals surface area contributed by atoms with Crippen molar-refractivity contribution in [2.24, 2.45) is 5.41 Å². The predicted molar refractivity (Wildman–Crippen MR) is 156 cm³/mol. The van der Waals surface area contributed by atoms with E-state index in [9.17, 15) is 22.0 Å². The van der Waals surface area contributed by atoms with Crippen LogP contribution in [0.25, 0.3) is 17.1 Å². The summed E-state index contributed by atoms with van der Waals surface area (Å²) in [4.78, 5) is 26.0. The number of carbonyl (C=O) groups excluding carboxylic acids is 1. The molecule has 0 amide bonds. The summed E-state index contributed by atoms with van der Waals surface area (Å²) < 4.78 is 59.6. The number of piperidine rings is 2. The number of sulfonamides is 1. The normalized spacial score (nSPS) is 19.3. The Kier molecular flexibility index (Phi) is 7.47. The topological polar surface area (TPSA) is 135 Å². The number of nitrogens with one attached hydrogen (secondary N) is 1. The van der Waals surface area contributed by atoms with Gasteiger partial charge in [-0.25, -0.2) is 22.2 Å². The largest absolute Gasteiger partial charge is 0.468 e. The van der Waals surface area contributed by atoms with E-state index in [1.54, 1.807) is 42.3 Å². The van der Waals surface area contributed by atoms with E-state index in [-0.39, 0.29) is 25.9 Å². The van der Waals surface area contributed by atoms with Crippen LogP contribution >= 0.6 is 0 Å². The van der Waals surface area contributed by atoms with Crippen molar-refractivity contribution in [3.8, 4) is 17.1 Å². The summed E-state index contributed by atoms with van der Waals surface area (Å²) in [6.07, 6.45) is 5.72. The van der Waals surface area contributed by atoms with Crippen LogP contribution in [0.3, 0.4) is 0 Å². The Morgan fingerprint density at radius 2 is 1.70 bits per heavy atom. The second-order valence-electron chi connectivity index (χ2n) is 11.7. The molecule has 1 aromatic carbocycles. The molecule has 3 aliphatic rings. The first-order valence-electron chi connectivity index (χ1n) is 14.3. The van der Waals surface area contributed by atoms with Gasteiger partial charge in [-0.2, -0.15) is 10.1 Å². The standard InChI is InChI=1S/C28H34F2N8O4S/c1-19-15-24(33-26(32-19)37-13-9-28(29,30)10-14-37)38-31-17-22(34-38)21-4-3-20(35-43(40,41)18-25(39)42-2)16-23(21)36-11-7-27(5-6-27)8-12-36/h3-4,15-17,35H,5-14,18H2,1-2H3. The van der Waals surface area contributed by atoms with Gasteiger partial charge in [-0.15, -0.1) is 9.90 Å². The molecule has 2 saturated heterocycles. The maximum atomic E-state index is 13.7. The van der Waals surface area contributed by atoms with E-state index in [0.717, 1.165) is 44.3 Å². The number of carbonyl (C=O) groups is 1. The molecule has 1 aliphatic carbocycles. The van der Waals surface area contributed by atoms with Crippen LogP contribution in [-0.4, -0.2) is 84.3 Å². The van der Waals surface area contributed by atoms with Crippen LogP contribution in [0, 0.1) is 12.3 Å². The number of nitrogens with zero attached hydrogens (tertiary/aromatic N) is 7. The van der Waals surface area contributed by atoms with Crippen molar-refractivity contribution in [1.29, 1.82) is 0 Å². The zero-order chi connectivity index (χ0) is 30.4. The third-order valence-electron chi connectivity index (χ3n) is 8.51. The third-order valence-corrected chi connectivity index (χ3v) is 9.67. The van der Waals surface area contributed by atoms with Crippen molar-refractivity contribution >= 4 is 33.3 Å². The Hall–Kier alpha value is -3.88. The van der Waals surface area contributed by atoms with Crippen molar-refractivity contribution in [1.82, 2.24) is 25.0 Å². The lowest BCUT2D eigenvalue weighted by Crippen LogP contribution is -2.40. The van der Waals surface area contributed by atoms with E-state index in [2.05, 4.69) is 29.4 Å². The molecule has 12 nitrogen and oxygen atoms in total. The predicted octanol–water partition coefficient (Wildman–Crippen LogP) is 3.56. The molecule has 0 atom stereocenters. The number of hydrogen-bond acceptors (Lipinski definition) is 10. The number of rotatable bonds is 8. The lowest BCUT2D eigenvalue weighted by atomic mass is 9.93. The summed E-state index contributed by atoms with van der Waals surface area (Å²) in [5.41, 5.74) is 3.54. The number of methoxy groups -OCH3 is 1. The van der Waals surface area contributed by atoms with Gasteiger partial charge in [0, 0.05) is 62.0 Å². The number of hydrogen-bond donors (Lipinski definition) is 1. The summed E-state index contributed by atoms with van der Waals surface area (Å²) in [7, 11) is -2.83. The second kappa shape index (κ2) is 11.0. The summed E-state index contributed by atoms with van der Waals surface area (Å²) in [6.45, 7) is 3.76. The van der Waals surface area contributed by atoms with E-state index in [4.69, 9.17) is 5.10 Å². The molecule has 3 fully saturated rings. The highest BCUT2D eigenvalue weighted by Crippen LogP contribution is 2.54. The van der Waals surface area contributed by atoms with Gasteiger partial charge < -0.3 is 14.5 Å². The van der Waals surface area contributed by atoms with Crippen molar-refractivity contribution in [3.63, 3.8) is 0 Å². The van der Waals surface area contributed by atoms with Crippen LogP contribution in [0.1, 0.15) is 44.2 Å². The molecule has 4 heterocycles. The number of esters is 1. The molecular weight excluding hydrogens is 582 g/mol. The molecule has 0 radical (unpaired) electrons. The first kappa shape index (κ1) is 29.2. The van der Waals surface area contributed by atoms with Crippen LogP contribution in [0.5, 0.6) is 0 Å². The van der Waals surface area contributed by atoms with Crippen molar-refractivity contribution in [3.05, 3.63) is 36.2 Å². The number of aryl methyl sites for hydroxylation is 1. The van der Waals surface area contributed by atoms with Gasteiger partial charge in [0.15, 0.2) is 11.6 Å². The summed E-state index contributed by atoms with van der Waals surface area (Å²) in [5, 5.41) is 9.15. The Morgan fingerprint density at radius 3 is 2.37 bits per heavy atom. The average molecular weight is 617 g/mol. The third kappa shape index (κ3) is 6.55. The minimum absolute atomic E-state index is 0.157. The fraction of sp³-hybridized carbons (Fsp3) is 0.536. The van der Waals surface area contributed by atoms with Crippen LogP contribution in [-0.2, 0) is 19.6 Å². The molecule has 1 N–H and O–H groups in total. The summed E-state index contributed by atoms with van der Waals surface area (Å²) in [6, 6.07) is 6.89. The van der Waals surface area contributed by atoms with E-state index in [0.29, 0.717) is 34.3 Å². The molecule has 2 aliphatic heterocycles. The number of aromatic nitrogens is 5. The molecule has 230 valence electrons. The highest BCUT2D eigenvalue weighted by molar-refractivity contribution is 7.93. The molecule has 43 heavy (non-hydrogen) atoms. The Bertz CT molecular complexity index is 1620. The van der Waals surface area contributed by atoms with Crippen LogP contribution in [0.15, 0.2) is 30.5 Å². The fourth-order valence-corrected chi connectivity index (χ4v) is 6.70. The average Bonchev–Trinajstić information content (AvgIpc) is 3.52. The Morgan fingerprint density at radius 1 is 1.00 bits per heavy atom. The number of anilines is 3. The number of ether oxygens (including phenoxy) is 1. The Balaban J connectivity index is 1.29. The monoisotopic (exact) mass is 616 g/mol. The molecule has 0 bridgehead atoms. The SMILES string of the molecule is COC(=O)CS(=O)(=O)Nc1ccc(-c2cnn(-c3cc(C)nc(N4CCC(F)(F)CC4)n3)n2)c(N2CCC3(CC2)CC3)c1. The first-order chi connectivity index (χ1) is 20.4. The van der Waals surface area contributed by atoms with Gasteiger partial charge in [-0.05, 0) is 56.2 Å². The lowest BCUT2D eigenvalue weighted by Gasteiger charge is -2.35. The minimum Gasteiger partial charge on any atom is -0.468 e. The van der Waals surface area contributed by atoms with Crippen molar-refractivity contribution in [2.75, 3.05) is 53.6 Å². The van der Waals surface area contributed by atoms with E-state index < -0.39 is 27.7 Å². The van der Waals surface area contributed by atoms with Crippen LogP contribution < -0.4 is 14.5 Å². The smallest absolute Gasteiger partial charge is 0.322 e. The molecule has 15 heteroatoms. The molecule has 6 rings (SSSR count). The van der Waals surface area contributed by atoms with Gasteiger partial charge in [-0.3, -0.25) is 9.52 Å². The van der Waals surface area contributed by atoms with Gasteiger partial charge >= 0.3 is 5.97 Å². The molecular formula is C28H34F2N8O4S. The summed E-state index contributed by atoms with van der Waals surface area (Å²) >= 11 is 0. The molecule has 1 saturated carbocycles. The zero-order valence-electron chi connectivity index (χ0n) is 24.1. The number of alkyl halides is 2.